The Hall–Kier alpha value is -0.0800. The van der Waals surface area contributed by atoms with Gasteiger partial charge in [-0.15, -0.1) is 24.0 Å². The molecule has 5 nitrogen and oxygen atoms in total. The molecule has 0 radical (unpaired) electrons. The molecule has 122 valence electrons. The van der Waals surface area contributed by atoms with Crippen LogP contribution >= 0.6 is 24.0 Å². The summed E-state index contributed by atoms with van der Waals surface area (Å²) in [6, 6.07) is 0.682. The molecule has 6 heteroatoms. The Morgan fingerprint density at radius 2 is 1.95 bits per heavy atom. The molecule has 2 saturated heterocycles. The number of nitrogens with zero attached hydrogens (tertiary/aromatic N) is 3. The summed E-state index contributed by atoms with van der Waals surface area (Å²) in [5.41, 5.74) is 0. The van der Waals surface area contributed by atoms with Crippen molar-refractivity contribution < 1.29 is 4.74 Å². The van der Waals surface area contributed by atoms with Crippen LogP contribution in [-0.4, -0.2) is 74.8 Å². The van der Waals surface area contributed by atoms with Crippen molar-refractivity contribution in [3.8, 4) is 0 Å². The van der Waals surface area contributed by atoms with Crippen LogP contribution in [0.25, 0.3) is 0 Å². The first kappa shape index (κ1) is 17.3. The Balaban J connectivity index is 0.00000161. The molecule has 0 amide bonds. The van der Waals surface area contributed by atoms with E-state index in [0.29, 0.717) is 6.04 Å². The number of guanidine groups is 1. The molecule has 1 saturated carbocycles. The second-order valence-electron chi connectivity index (χ2n) is 6.26. The molecule has 0 bridgehead atoms. The van der Waals surface area contributed by atoms with Gasteiger partial charge in [-0.05, 0) is 25.2 Å². The molecule has 1 N–H and O–H groups in total. The minimum absolute atomic E-state index is 0. The van der Waals surface area contributed by atoms with Gasteiger partial charge < -0.3 is 15.0 Å². The molecule has 0 aromatic carbocycles. The van der Waals surface area contributed by atoms with E-state index in [1.807, 2.05) is 7.05 Å². The highest BCUT2D eigenvalue weighted by atomic mass is 127. The van der Waals surface area contributed by atoms with Crippen LogP contribution in [0.2, 0.25) is 0 Å². The molecular formula is C15H29IN4O. The van der Waals surface area contributed by atoms with Gasteiger partial charge in [-0.2, -0.15) is 0 Å². The van der Waals surface area contributed by atoms with Crippen molar-refractivity contribution in [2.75, 3.05) is 53.0 Å². The van der Waals surface area contributed by atoms with Gasteiger partial charge in [-0.3, -0.25) is 9.89 Å². The number of hydrogen-bond donors (Lipinski definition) is 1. The summed E-state index contributed by atoms with van der Waals surface area (Å²) >= 11 is 0. The zero-order valence-electron chi connectivity index (χ0n) is 13.1. The summed E-state index contributed by atoms with van der Waals surface area (Å²) in [6.07, 6.45) is 5.44. The lowest BCUT2D eigenvalue weighted by Gasteiger charge is -2.32. The van der Waals surface area contributed by atoms with Crippen molar-refractivity contribution in [3.63, 3.8) is 0 Å². The normalized spacial score (nSPS) is 28.1. The van der Waals surface area contributed by atoms with Gasteiger partial charge in [0.2, 0.25) is 0 Å². The van der Waals surface area contributed by atoms with Crippen molar-refractivity contribution in [1.29, 1.82) is 0 Å². The van der Waals surface area contributed by atoms with Gasteiger partial charge in [0.15, 0.2) is 5.96 Å². The molecule has 3 rings (SSSR count). The highest BCUT2D eigenvalue weighted by molar-refractivity contribution is 14.0. The average Bonchev–Trinajstić information content (AvgIpc) is 2.92. The van der Waals surface area contributed by atoms with Gasteiger partial charge in [0.1, 0.15) is 0 Å². The zero-order valence-corrected chi connectivity index (χ0v) is 15.4. The summed E-state index contributed by atoms with van der Waals surface area (Å²) in [5, 5.41) is 3.57. The number of likely N-dealkylation sites (tertiary alicyclic amines) is 1. The van der Waals surface area contributed by atoms with E-state index < -0.39 is 0 Å². The summed E-state index contributed by atoms with van der Waals surface area (Å²) in [4.78, 5) is 9.48. The lowest BCUT2D eigenvalue weighted by Crippen LogP contribution is -2.47. The molecule has 1 atom stereocenters. The van der Waals surface area contributed by atoms with Crippen molar-refractivity contribution in [2.24, 2.45) is 10.9 Å². The van der Waals surface area contributed by atoms with Crippen LogP contribution in [0.5, 0.6) is 0 Å². The molecule has 0 spiro atoms. The number of nitrogens with one attached hydrogen (secondary N) is 1. The van der Waals surface area contributed by atoms with E-state index in [1.165, 1.54) is 25.7 Å². The third kappa shape index (κ3) is 4.45. The van der Waals surface area contributed by atoms with E-state index >= 15 is 0 Å². The van der Waals surface area contributed by atoms with Gasteiger partial charge in [-0.25, -0.2) is 0 Å². The zero-order chi connectivity index (χ0) is 13.8. The lowest BCUT2D eigenvalue weighted by molar-refractivity contribution is 0.0194. The number of rotatable bonds is 3. The first-order valence-corrected chi connectivity index (χ1v) is 8.14. The molecule has 21 heavy (non-hydrogen) atoms. The molecule has 2 aliphatic heterocycles. The monoisotopic (exact) mass is 408 g/mol. The molecule has 0 aromatic heterocycles. The number of aliphatic imine (C=N–C) groups is 1. The van der Waals surface area contributed by atoms with Crippen molar-refractivity contribution in [3.05, 3.63) is 0 Å². The van der Waals surface area contributed by atoms with Crippen molar-refractivity contribution in [1.82, 2.24) is 15.1 Å². The fourth-order valence-corrected chi connectivity index (χ4v) is 3.44. The largest absolute Gasteiger partial charge is 0.379 e. The molecule has 3 fully saturated rings. The summed E-state index contributed by atoms with van der Waals surface area (Å²) in [5.74, 6) is 1.98. The third-order valence-electron chi connectivity index (χ3n) is 5.01. The predicted octanol–water partition coefficient (Wildman–Crippen LogP) is 1.39. The smallest absolute Gasteiger partial charge is 0.193 e. The Morgan fingerprint density at radius 1 is 1.19 bits per heavy atom. The fraction of sp³-hybridized carbons (Fsp3) is 0.933. The SMILES string of the molecule is CN=C(NCC1CCC1)N1CCC(N2CCOCC2)C1.I. The van der Waals surface area contributed by atoms with Crippen molar-refractivity contribution >= 4 is 29.9 Å². The maximum atomic E-state index is 5.45. The average molecular weight is 408 g/mol. The second kappa shape index (κ2) is 8.53. The number of morpholine rings is 1. The molecular weight excluding hydrogens is 379 g/mol. The van der Waals surface area contributed by atoms with E-state index in [-0.39, 0.29) is 24.0 Å². The second-order valence-corrected chi connectivity index (χ2v) is 6.26. The fourth-order valence-electron chi connectivity index (χ4n) is 3.44. The van der Waals surface area contributed by atoms with Crippen LogP contribution in [0.4, 0.5) is 0 Å². The van der Waals surface area contributed by atoms with Gasteiger partial charge in [0.05, 0.1) is 13.2 Å². The Labute approximate surface area is 145 Å². The van der Waals surface area contributed by atoms with Crippen LogP contribution in [0.15, 0.2) is 4.99 Å². The van der Waals surface area contributed by atoms with Gasteiger partial charge in [0, 0.05) is 45.8 Å². The highest BCUT2D eigenvalue weighted by Crippen LogP contribution is 2.25. The number of ether oxygens (including phenoxy) is 1. The van der Waals surface area contributed by atoms with Gasteiger partial charge in [-0.1, -0.05) is 6.42 Å². The first-order chi connectivity index (χ1) is 9.86. The van der Waals surface area contributed by atoms with Crippen molar-refractivity contribution in [2.45, 2.75) is 31.7 Å². The van der Waals surface area contributed by atoms with E-state index in [9.17, 15) is 0 Å². The minimum Gasteiger partial charge on any atom is -0.379 e. The quantitative estimate of drug-likeness (QED) is 0.435. The standard InChI is InChI=1S/C15H28N4O.HI/c1-16-15(17-11-13-3-2-4-13)19-6-5-14(12-19)18-7-9-20-10-8-18;/h13-14H,2-12H2,1H3,(H,16,17);1H. The molecule has 1 unspecified atom stereocenters. The Kier molecular flexibility index (Phi) is 7.01. The maximum Gasteiger partial charge on any atom is 0.193 e. The summed E-state index contributed by atoms with van der Waals surface area (Å²) in [6.45, 7) is 7.32. The molecule has 3 aliphatic rings. The van der Waals surface area contributed by atoms with Gasteiger partial charge >= 0.3 is 0 Å². The Bertz CT molecular complexity index is 343. The van der Waals surface area contributed by atoms with E-state index in [1.54, 1.807) is 0 Å². The minimum atomic E-state index is 0. The first-order valence-electron chi connectivity index (χ1n) is 8.14. The predicted molar refractivity (Wildman–Crippen MR) is 96.5 cm³/mol. The Morgan fingerprint density at radius 3 is 2.57 bits per heavy atom. The van der Waals surface area contributed by atoms with Crippen LogP contribution in [-0.2, 0) is 4.74 Å². The van der Waals surface area contributed by atoms with E-state index in [4.69, 9.17) is 4.74 Å². The van der Waals surface area contributed by atoms with Gasteiger partial charge in [0.25, 0.3) is 0 Å². The molecule has 1 aliphatic carbocycles. The highest BCUT2D eigenvalue weighted by Gasteiger charge is 2.30. The number of halogens is 1. The summed E-state index contributed by atoms with van der Waals surface area (Å²) in [7, 11) is 1.91. The number of hydrogen-bond acceptors (Lipinski definition) is 3. The molecule has 0 aromatic rings. The van der Waals surface area contributed by atoms with Crippen LogP contribution in [0, 0.1) is 5.92 Å². The lowest BCUT2D eigenvalue weighted by atomic mass is 9.85. The summed E-state index contributed by atoms with van der Waals surface area (Å²) < 4.78 is 5.45. The third-order valence-corrected chi connectivity index (χ3v) is 5.01. The topological polar surface area (TPSA) is 40.1 Å². The van der Waals surface area contributed by atoms with E-state index in [0.717, 1.165) is 57.8 Å². The van der Waals surface area contributed by atoms with E-state index in [2.05, 4.69) is 20.1 Å². The molecule has 2 heterocycles. The maximum absolute atomic E-state index is 5.45. The van der Waals surface area contributed by atoms with Crippen LogP contribution < -0.4 is 5.32 Å². The van der Waals surface area contributed by atoms with Crippen LogP contribution in [0.3, 0.4) is 0 Å². The van der Waals surface area contributed by atoms with Crippen LogP contribution in [0.1, 0.15) is 25.7 Å².